The molecule has 0 spiro atoms. The SMILES string of the molecule is O=C(O)CCC(=O)OCC1OC(Oc2ccc(-c3cc(=O)c4c(O)cc(OC5OC(C(=O)O)C(O)C(O)C5O)cc4o3)cc2)C(O)C(O)C1O. The van der Waals surface area contributed by atoms with Crippen LogP contribution in [0.4, 0.5) is 0 Å². The first-order valence-electron chi connectivity index (χ1n) is 14.9. The second-order valence-electron chi connectivity index (χ2n) is 11.4. The molecular formula is C31H32O19. The Kier molecular flexibility index (Phi) is 10.9. The molecule has 5 rings (SSSR count). The molecule has 3 aromatic rings. The van der Waals surface area contributed by atoms with Crippen molar-refractivity contribution >= 4 is 28.9 Å². The van der Waals surface area contributed by atoms with Gasteiger partial charge in [-0.2, -0.15) is 0 Å². The van der Waals surface area contributed by atoms with Gasteiger partial charge in [0.15, 0.2) is 11.5 Å². The Balaban J connectivity index is 1.30. The average molecular weight is 709 g/mol. The Morgan fingerprint density at radius 3 is 1.98 bits per heavy atom. The zero-order valence-electron chi connectivity index (χ0n) is 25.5. The van der Waals surface area contributed by atoms with Crippen molar-refractivity contribution in [2.24, 2.45) is 0 Å². The Labute approximate surface area is 279 Å². The monoisotopic (exact) mass is 708 g/mol. The topological polar surface area (TPSA) is 310 Å². The summed E-state index contributed by atoms with van der Waals surface area (Å²) in [4.78, 5) is 46.8. The normalized spacial score (nSPS) is 29.6. The summed E-state index contributed by atoms with van der Waals surface area (Å²) in [6.45, 7) is -0.576. The second kappa shape index (κ2) is 14.9. The van der Waals surface area contributed by atoms with Crippen LogP contribution < -0.4 is 14.9 Å². The highest BCUT2D eigenvalue weighted by atomic mass is 16.7. The number of phenols is 1. The van der Waals surface area contributed by atoms with E-state index in [2.05, 4.69) is 0 Å². The number of benzene rings is 2. The molecule has 270 valence electrons. The smallest absolute Gasteiger partial charge is 0.335 e. The molecule has 0 aliphatic carbocycles. The van der Waals surface area contributed by atoms with Gasteiger partial charge in [-0.05, 0) is 24.3 Å². The van der Waals surface area contributed by atoms with Gasteiger partial charge in [0, 0.05) is 23.8 Å². The zero-order valence-corrected chi connectivity index (χ0v) is 25.5. The van der Waals surface area contributed by atoms with Crippen LogP contribution in [0.2, 0.25) is 0 Å². The largest absolute Gasteiger partial charge is 0.507 e. The van der Waals surface area contributed by atoms with Crippen LogP contribution in [0.25, 0.3) is 22.3 Å². The molecular weight excluding hydrogens is 676 g/mol. The fourth-order valence-electron chi connectivity index (χ4n) is 5.18. The summed E-state index contributed by atoms with van der Waals surface area (Å²) in [6.07, 6.45) is -18.6. The maximum atomic E-state index is 12.9. The molecule has 0 saturated carbocycles. The fourth-order valence-corrected chi connectivity index (χ4v) is 5.18. The molecule has 2 fully saturated rings. The van der Waals surface area contributed by atoms with Gasteiger partial charge in [0.1, 0.15) is 83.3 Å². The van der Waals surface area contributed by atoms with Crippen molar-refractivity contribution in [2.75, 3.05) is 6.61 Å². The molecule has 1 aromatic heterocycles. The lowest BCUT2D eigenvalue weighted by atomic mass is 9.99. The van der Waals surface area contributed by atoms with Gasteiger partial charge in [-0.15, -0.1) is 0 Å². The van der Waals surface area contributed by atoms with E-state index >= 15 is 0 Å². The molecule has 19 heteroatoms. The van der Waals surface area contributed by atoms with E-state index in [0.717, 1.165) is 18.2 Å². The number of carboxylic acids is 2. The van der Waals surface area contributed by atoms with E-state index in [1.54, 1.807) is 0 Å². The number of carbonyl (C=O) groups is 3. The number of esters is 1. The standard InChI is InChI=1S/C31H32O19/c32-14-7-13(47-31-27(42)24(39)25(40)28(50-31)29(43)44)8-17-21(14)15(33)9-16(48-17)11-1-3-12(4-2-11)46-30-26(41)23(38)22(37)18(49-30)10-45-20(36)6-5-19(34)35/h1-4,7-9,18,22-28,30-32,37-42H,5-6,10H2,(H,34,35)(H,43,44). The lowest BCUT2D eigenvalue weighted by Crippen LogP contribution is -2.61. The van der Waals surface area contributed by atoms with E-state index in [1.807, 2.05) is 0 Å². The Bertz CT molecular complexity index is 1770. The average Bonchev–Trinajstić information content (AvgIpc) is 3.07. The van der Waals surface area contributed by atoms with Crippen molar-refractivity contribution in [3.05, 3.63) is 52.7 Å². The van der Waals surface area contributed by atoms with Crippen LogP contribution in [0, 0.1) is 0 Å². The van der Waals surface area contributed by atoms with Crippen molar-refractivity contribution in [1.82, 2.24) is 0 Å². The minimum absolute atomic E-state index is 0.0127. The first-order valence-corrected chi connectivity index (χ1v) is 14.9. The third kappa shape index (κ3) is 7.79. The maximum Gasteiger partial charge on any atom is 0.335 e. The number of carboxylic acid groups (broad SMARTS) is 2. The molecule has 0 radical (unpaired) electrons. The Morgan fingerprint density at radius 2 is 1.34 bits per heavy atom. The highest BCUT2D eigenvalue weighted by molar-refractivity contribution is 5.86. The molecule has 2 aliphatic rings. The molecule has 3 heterocycles. The number of hydrogen-bond donors (Lipinski definition) is 9. The second-order valence-corrected chi connectivity index (χ2v) is 11.4. The van der Waals surface area contributed by atoms with E-state index in [1.165, 1.54) is 24.3 Å². The number of aromatic hydroxyl groups is 1. The van der Waals surface area contributed by atoms with Gasteiger partial charge < -0.3 is 74.1 Å². The molecule has 2 aromatic carbocycles. The third-order valence-corrected chi connectivity index (χ3v) is 7.86. The number of aliphatic carboxylic acids is 2. The van der Waals surface area contributed by atoms with Crippen LogP contribution in [0.5, 0.6) is 17.2 Å². The van der Waals surface area contributed by atoms with Gasteiger partial charge in [0.25, 0.3) is 0 Å². The van der Waals surface area contributed by atoms with Crippen molar-refractivity contribution < 1.29 is 88.4 Å². The van der Waals surface area contributed by atoms with Crippen molar-refractivity contribution in [3.8, 4) is 28.6 Å². The van der Waals surface area contributed by atoms with Crippen molar-refractivity contribution in [3.63, 3.8) is 0 Å². The Hall–Kier alpha value is -4.86. The molecule has 10 atom stereocenters. The quantitative estimate of drug-likeness (QED) is 0.0976. The molecule has 0 amide bonds. The minimum Gasteiger partial charge on any atom is -0.507 e. The molecule has 2 saturated heterocycles. The number of hydrogen-bond acceptors (Lipinski definition) is 17. The zero-order chi connectivity index (χ0) is 36.4. The van der Waals surface area contributed by atoms with Crippen molar-refractivity contribution in [2.45, 2.75) is 74.3 Å². The van der Waals surface area contributed by atoms with Gasteiger partial charge in [-0.1, -0.05) is 0 Å². The maximum absolute atomic E-state index is 12.9. The fraction of sp³-hybridized carbons (Fsp3) is 0.419. The minimum atomic E-state index is -1.96. The lowest BCUT2D eigenvalue weighted by Gasteiger charge is -2.39. The molecule has 19 nitrogen and oxygen atoms in total. The molecule has 50 heavy (non-hydrogen) atoms. The predicted molar refractivity (Wildman–Crippen MR) is 160 cm³/mol. The first-order chi connectivity index (χ1) is 23.6. The molecule has 9 N–H and O–H groups in total. The van der Waals surface area contributed by atoms with Crippen LogP contribution in [0.15, 0.2) is 51.7 Å². The van der Waals surface area contributed by atoms with Crippen LogP contribution in [-0.2, 0) is 28.6 Å². The molecule has 10 unspecified atom stereocenters. The molecule has 0 bridgehead atoms. The van der Waals surface area contributed by atoms with E-state index in [-0.39, 0.29) is 28.2 Å². The number of phenolic OH excluding ortho intramolecular Hbond substituents is 1. The van der Waals surface area contributed by atoms with Gasteiger partial charge in [-0.3, -0.25) is 14.4 Å². The van der Waals surface area contributed by atoms with Crippen LogP contribution in [0.1, 0.15) is 12.8 Å². The van der Waals surface area contributed by atoms with E-state index < -0.39 is 110 Å². The predicted octanol–water partition coefficient (Wildman–Crippen LogP) is -1.97. The highest BCUT2D eigenvalue weighted by Crippen LogP contribution is 2.34. The van der Waals surface area contributed by atoms with Crippen LogP contribution in [-0.4, -0.2) is 132 Å². The number of aliphatic hydroxyl groups is 6. The summed E-state index contributed by atoms with van der Waals surface area (Å²) in [5.41, 5.74) is -0.573. The van der Waals surface area contributed by atoms with Crippen molar-refractivity contribution in [1.29, 1.82) is 0 Å². The summed E-state index contributed by atoms with van der Waals surface area (Å²) in [5.74, 6) is -4.54. The number of ether oxygens (including phenoxy) is 5. The van der Waals surface area contributed by atoms with Gasteiger partial charge >= 0.3 is 17.9 Å². The molecule has 2 aliphatic heterocycles. The first kappa shape index (κ1) is 36.4. The van der Waals surface area contributed by atoms with Gasteiger partial charge in [0.2, 0.25) is 12.6 Å². The number of fused-ring (bicyclic) bond motifs is 1. The van der Waals surface area contributed by atoms with E-state index in [4.69, 9.17) is 33.2 Å². The third-order valence-electron chi connectivity index (χ3n) is 7.86. The van der Waals surface area contributed by atoms with Gasteiger partial charge in [-0.25, -0.2) is 4.79 Å². The number of carbonyl (C=O) groups excluding carboxylic acids is 1. The summed E-state index contributed by atoms with van der Waals surface area (Å²) in [5, 5.41) is 89.4. The van der Waals surface area contributed by atoms with Gasteiger partial charge in [0.05, 0.1) is 12.8 Å². The van der Waals surface area contributed by atoms with Crippen LogP contribution >= 0.6 is 0 Å². The Morgan fingerprint density at radius 1 is 0.720 bits per heavy atom. The van der Waals surface area contributed by atoms with Crippen LogP contribution in [0.3, 0.4) is 0 Å². The highest BCUT2D eigenvalue weighted by Gasteiger charge is 2.48. The lowest BCUT2D eigenvalue weighted by molar-refractivity contribution is -0.278. The number of rotatable bonds is 11. The summed E-state index contributed by atoms with van der Waals surface area (Å²) in [7, 11) is 0. The van der Waals surface area contributed by atoms with E-state index in [9.17, 15) is 60.0 Å². The summed E-state index contributed by atoms with van der Waals surface area (Å²) < 4.78 is 32.4. The summed E-state index contributed by atoms with van der Waals surface area (Å²) in [6, 6.07) is 8.83. The van der Waals surface area contributed by atoms with E-state index in [0.29, 0.717) is 5.56 Å². The summed E-state index contributed by atoms with van der Waals surface area (Å²) >= 11 is 0. The number of aliphatic hydroxyl groups excluding tert-OH is 6.